The van der Waals surface area contributed by atoms with E-state index in [1.807, 2.05) is 13.8 Å². The number of hydrogen-bond acceptors (Lipinski definition) is 2. The van der Waals surface area contributed by atoms with Gasteiger partial charge in [-0.05, 0) is 6.08 Å². The molecule has 1 aromatic heterocycles. The maximum atomic E-state index is 4.26. The molecule has 0 saturated carbocycles. The van der Waals surface area contributed by atoms with Gasteiger partial charge in [0.25, 0.3) is 0 Å². The summed E-state index contributed by atoms with van der Waals surface area (Å²) in [4.78, 5) is 4.26. The molecular weight excluding hydrogens is 174 g/mol. The van der Waals surface area contributed by atoms with Crippen molar-refractivity contribution in [1.82, 2.24) is 14.8 Å². The number of hydrogen-bond donors (Lipinski definition) is 0. The van der Waals surface area contributed by atoms with Crippen LogP contribution in [0.3, 0.4) is 0 Å². The fraction of sp³-hybridized carbons (Fsp3) is 0.455. The fourth-order valence-corrected chi connectivity index (χ4v) is 0.871. The second-order valence-electron chi connectivity index (χ2n) is 2.81. The second-order valence-corrected chi connectivity index (χ2v) is 2.81. The highest BCUT2D eigenvalue weighted by atomic mass is 15.3. The van der Waals surface area contributed by atoms with E-state index in [0.29, 0.717) is 5.92 Å². The van der Waals surface area contributed by atoms with Gasteiger partial charge in [0.2, 0.25) is 0 Å². The molecule has 0 radical (unpaired) electrons. The van der Waals surface area contributed by atoms with Crippen molar-refractivity contribution in [3.8, 4) is 0 Å². The van der Waals surface area contributed by atoms with E-state index in [1.165, 1.54) is 0 Å². The lowest BCUT2D eigenvalue weighted by atomic mass is 10.2. The molecule has 0 saturated heterocycles. The lowest BCUT2D eigenvalue weighted by Gasteiger charge is -1.93. The van der Waals surface area contributed by atoms with Crippen LogP contribution in [0.25, 0.3) is 12.3 Å². The predicted octanol–water partition coefficient (Wildman–Crippen LogP) is 3.17. The Balaban J connectivity index is 0.000000791. The first-order valence-corrected chi connectivity index (χ1v) is 4.90. The number of rotatable bonds is 3. The van der Waals surface area contributed by atoms with Gasteiger partial charge in [-0.25, -0.2) is 9.67 Å². The van der Waals surface area contributed by atoms with Crippen LogP contribution in [0, 0.1) is 0 Å². The third-order valence-electron chi connectivity index (χ3n) is 1.55. The SMILES string of the molecule is C=Cc1nc(C(C)C)nn1C=C.CC. The minimum absolute atomic E-state index is 0.338. The monoisotopic (exact) mass is 193 g/mol. The van der Waals surface area contributed by atoms with E-state index in [1.54, 1.807) is 17.0 Å². The van der Waals surface area contributed by atoms with Crippen LogP contribution in [0.1, 0.15) is 45.3 Å². The Bertz CT molecular complexity index is 272. The topological polar surface area (TPSA) is 30.7 Å². The molecule has 0 atom stereocenters. The van der Waals surface area contributed by atoms with Crippen molar-refractivity contribution in [2.45, 2.75) is 33.6 Å². The van der Waals surface area contributed by atoms with E-state index in [2.05, 4.69) is 37.1 Å². The first-order valence-electron chi connectivity index (χ1n) is 4.90. The van der Waals surface area contributed by atoms with E-state index < -0.39 is 0 Å². The van der Waals surface area contributed by atoms with Crippen LogP contribution in [-0.4, -0.2) is 14.8 Å². The van der Waals surface area contributed by atoms with Gasteiger partial charge in [-0.2, -0.15) is 5.10 Å². The lowest BCUT2D eigenvalue weighted by molar-refractivity contribution is 0.764. The molecule has 78 valence electrons. The second kappa shape index (κ2) is 6.13. The zero-order valence-electron chi connectivity index (χ0n) is 9.49. The predicted molar refractivity (Wildman–Crippen MR) is 61.9 cm³/mol. The van der Waals surface area contributed by atoms with Crippen LogP contribution >= 0.6 is 0 Å². The van der Waals surface area contributed by atoms with E-state index in [0.717, 1.165) is 11.6 Å². The average molecular weight is 193 g/mol. The van der Waals surface area contributed by atoms with Crippen LogP contribution in [-0.2, 0) is 0 Å². The summed E-state index contributed by atoms with van der Waals surface area (Å²) >= 11 is 0. The fourth-order valence-electron chi connectivity index (χ4n) is 0.871. The van der Waals surface area contributed by atoms with E-state index in [9.17, 15) is 0 Å². The third-order valence-corrected chi connectivity index (χ3v) is 1.55. The summed E-state index contributed by atoms with van der Waals surface area (Å²) in [5.41, 5.74) is 0. The average Bonchev–Trinajstić information content (AvgIpc) is 2.63. The molecule has 0 amide bonds. The summed E-state index contributed by atoms with van der Waals surface area (Å²) < 4.78 is 1.63. The first kappa shape index (κ1) is 12.6. The van der Waals surface area contributed by atoms with Gasteiger partial charge in [0.1, 0.15) is 0 Å². The Morgan fingerprint density at radius 2 is 1.86 bits per heavy atom. The Kier molecular flexibility index (Phi) is 5.53. The summed E-state index contributed by atoms with van der Waals surface area (Å²) in [6.07, 6.45) is 3.29. The molecule has 0 bridgehead atoms. The molecule has 0 aromatic carbocycles. The maximum Gasteiger partial charge on any atom is 0.154 e. The summed E-state index contributed by atoms with van der Waals surface area (Å²) in [6.45, 7) is 15.4. The molecule has 14 heavy (non-hydrogen) atoms. The van der Waals surface area contributed by atoms with Gasteiger partial charge in [0.15, 0.2) is 11.6 Å². The Morgan fingerprint density at radius 3 is 2.14 bits per heavy atom. The molecule has 0 N–H and O–H groups in total. The highest BCUT2D eigenvalue weighted by Gasteiger charge is 2.07. The van der Waals surface area contributed by atoms with Crippen molar-refractivity contribution in [3.05, 3.63) is 24.8 Å². The molecule has 1 aromatic rings. The third kappa shape index (κ3) is 2.83. The van der Waals surface area contributed by atoms with Crippen LogP contribution in [0.2, 0.25) is 0 Å². The standard InChI is InChI=1S/C9H13N3.C2H6/c1-5-8-10-9(7(3)4)11-12(8)6-2;1-2/h5-7H,1-2H2,3-4H3;1-2H3. The van der Waals surface area contributed by atoms with Gasteiger partial charge >= 0.3 is 0 Å². The Morgan fingerprint density at radius 1 is 1.29 bits per heavy atom. The summed E-state index contributed by atoms with van der Waals surface area (Å²) in [5.74, 6) is 1.91. The van der Waals surface area contributed by atoms with Crippen LogP contribution in [0.15, 0.2) is 13.2 Å². The molecular formula is C11H19N3. The molecule has 3 nitrogen and oxygen atoms in total. The van der Waals surface area contributed by atoms with Crippen molar-refractivity contribution in [2.75, 3.05) is 0 Å². The van der Waals surface area contributed by atoms with Crippen molar-refractivity contribution in [3.63, 3.8) is 0 Å². The van der Waals surface area contributed by atoms with Gasteiger partial charge in [-0.15, -0.1) is 0 Å². The van der Waals surface area contributed by atoms with Crippen molar-refractivity contribution in [2.24, 2.45) is 0 Å². The van der Waals surface area contributed by atoms with Crippen LogP contribution < -0.4 is 0 Å². The molecule has 0 aliphatic rings. The zero-order valence-corrected chi connectivity index (χ0v) is 9.49. The van der Waals surface area contributed by atoms with E-state index in [-0.39, 0.29) is 0 Å². The van der Waals surface area contributed by atoms with Gasteiger partial charge in [0, 0.05) is 12.1 Å². The smallest absolute Gasteiger partial charge is 0.154 e. The van der Waals surface area contributed by atoms with E-state index >= 15 is 0 Å². The highest BCUT2D eigenvalue weighted by Crippen LogP contribution is 2.10. The molecule has 0 aliphatic heterocycles. The minimum Gasteiger partial charge on any atom is -0.222 e. The normalized spacial score (nSPS) is 9.21. The van der Waals surface area contributed by atoms with Gasteiger partial charge < -0.3 is 0 Å². The molecule has 3 heteroatoms. The largest absolute Gasteiger partial charge is 0.222 e. The van der Waals surface area contributed by atoms with Crippen LogP contribution in [0.4, 0.5) is 0 Å². The minimum atomic E-state index is 0.338. The van der Waals surface area contributed by atoms with Crippen LogP contribution in [0.5, 0.6) is 0 Å². The molecule has 0 unspecified atom stereocenters. The van der Waals surface area contributed by atoms with Gasteiger partial charge in [-0.3, -0.25) is 0 Å². The molecule has 0 fully saturated rings. The summed E-state index contributed by atoms with van der Waals surface area (Å²) in [7, 11) is 0. The Hall–Kier alpha value is -1.38. The van der Waals surface area contributed by atoms with Gasteiger partial charge in [-0.1, -0.05) is 40.9 Å². The van der Waals surface area contributed by atoms with Crippen molar-refractivity contribution in [1.29, 1.82) is 0 Å². The zero-order chi connectivity index (χ0) is 11.1. The summed E-state index contributed by atoms with van der Waals surface area (Å²) in [5, 5.41) is 4.22. The molecule has 1 heterocycles. The maximum absolute atomic E-state index is 4.26. The first-order chi connectivity index (χ1) is 6.69. The molecule has 1 rings (SSSR count). The number of nitrogens with zero attached hydrogens (tertiary/aromatic N) is 3. The highest BCUT2D eigenvalue weighted by molar-refractivity contribution is 5.40. The number of aromatic nitrogens is 3. The van der Waals surface area contributed by atoms with Crippen molar-refractivity contribution < 1.29 is 0 Å². The summed E-state index contributed by atoms with van der Waals surface area (Å²) in [6, 6.07) is 0. The Labute approximate surface area is 86.2 Å². The molecule has 0 spiro atoms. The lowest BCUT2D eigenvalue weighted by Crippen LogP contribution is -1.93. The van der Waals surface area contributed by atoms with Gasteiger partial charge in [0.05, 0.1) is 0 Å². The van der Waals surface area contributed by atoms with E-state index in [4.69, 9.17) is 0 Å². The van der Waals surface area contributed by atoms with Crippen molar-refractivity contribution >= 4 is 12.3 Å². The molecule has 0 aliphatic carbocycles. The quantitative estimate of drug-likeness (QED) is 0.738.